The van der Waals surface area contributed by atoms with Crippen LogP contribution in [-0.4, -0.2) is 45.5 Å². The number of aromatic nitrogens is 2. The highest BCUT2D eigenvalue weighted by molar-refractivity contribution is 6.02. The van der Waals surface area contributed by atoms with Gasteiger partial charge in [0, 0.05) is 19.2 Å². The molecule has 3 aromatic rings. The predicted octanol–water partition coefficient (Wildman–Crippen LogP) is 3.54. The number of ether oxygens (including phenoxy) is 1. The van der Waals surface area contributed by atoms with Crippen LogP contribution in [0.4, 0.5) is 10.6 Å². The van der Waals surface area contributed by atoms with E-state index < -0.39 is 24.0 Å². The molecule has 0 bridgehead atoms. The summed E-state index contributed by atoms with van der Waals surface area (Å²) in [6.45, 7) is 3.61. The van der Waals surface area contributed by atoms with Crippen molar-refractivity contribution in [2.24, 2.45) is 7.05 Å². The second-order valence-electron chi connectivity index (χ2n) is 7.90. The summed E-state index contributed by atoms with van der Waals surface area (Å²) in [5.41, 5.74) is 4.41. The summed E-state index contributed by atoms with van der Waals surface area (Å²) >= 11 is 0. The fourth-order valence-corrected chi connectivity index (χ4v) is 4.10. The maximum atomic E-state index is 12.6. The molecule has 1 atom stereocenters. The number of hydrogen-bond donors (Lipinski definition) is 3. The van der Waals surface area contributed by atoms with Gasteiger partial charge in [0.25, 0.3) is 5.91 Å². The first-order valence-corrected chi connectivity index (χ1v) is 10.7. The first-order valence-electron chi connectivity index (χ1n) is 10.7. The zero-order valence-corrected chi connectivity index (χ0v) is 18.5. The number of amides is 2. The largest absolute Gasteiger partial charge is 0.480 e. The van der Waals surface area contributed by atoms with Crippen molar-refractivity contribution in [3.63, 3.8) is 0 Å². The Hall–Kier alpha value is -4.40. The van der Waals surface area contributed by atoms with E-state index in [1.54, 1.807) is 7.05 Å². The number of rotatable bonds is 8. The van der Waals surface area contributed by atoms with Gasteiger partial charge < -0.3 is 15.2 Å². The Kier molecular flexibility index (Phi) is 6.44. The zero-order chi connectivity index (χ0) is 24.2. The van der Waals surface area contributed by atoms with Gasteiger partial charge in [-0.3, -0.25) is 14.8 Å². The van der Waals surface area contributed by atoms with E-state index >= 15 is 0 Å². The third-order valence-corrected chi connectivity index (χ3v) is 5.64. The molecule has 4 rings (SSSR count). The van der Waals surface area contributed by atoms with Crippen molar-refractivity contribution < 1.29 is 24.2 Å². The zero-order valence-electron chi connectivity index (χ0n) is 18.5. The van der Waals surface area contributed by atoms with Crippen molar-refractivity contribution in [1.82, 2.24) is 15.1 Å². The van der Waals surface area contributed by atoms with Crippen LogP contribution in [0.3, 0.4) is 0 Å². The minimum absolute atomic E-state index is 0.0197. The van der Waals surface area contributed by atoms with E-state index in [9.17, 15) is 19.5 Å². The molecule has 9 heteroatoms. The smallest absolute Gasteiger partial charge is 0.412 e. The van der Waals surface area contributed by atoms with Crippen LogP contribution in [0.2, 0.25) is 0 Å². The summed E-state index contributed by atoms with van der Waals surface area (Å²) in [4.78, 5) is 36.6. The molecular weight excluding hydrogens is 436 g/mol. The van der Waals surface area contributed by atoms with E-state index in [2.05, 4.69) is 22.3 Å². The van der Waals surface area contributed by atoms with Crippen molar-refractivity contribution >= 4 is 23.8 Å². The molecule has 1 aromatic heterocycles. The number of hydrogen-bond acceptors (Lipinski definition) is 5. The predicted molar refractivity (Wildman–Crippen MR) is 126 cm³/mol. The van der Waals surface area contributed by atoms with Crippen LogP contribution in [0.5, 0.6) is 0 Å². The lowest BCUT2D eigenvalue weighted by atomic mass is 9.98. The molecule has 0 spiro atoms. The summed E-state index contributed by atoms with van der Waals surface area (Å²) in [5.74, 6) is -2.01. The molecule has 1 unspecified atom stereocenters. The number of carbonyl (C=O) groups is 3. The van der Waals surface area contributed by atoms with Crippen LogP contribution >= 0.6 is 0 Å². The Morgan fingerprint density at radius 3 is 2.35 bits per heavy atom. The molecule has 0 aliphatic heterocycles. The summed E-state index contributed by atoms with van der Waals surface area (Å²) in [7, 11) is 1.58. The van der Waals surface area contributed by atoms with E-state index in [0.29, 0.717) is 0 Å². The van der Waals surface area contributed by atoms with Gasteiger partial charge in [0.1, 0.15) is 18.2 Å². The lowest BCUT2D eigenvalue weighted by molar-refractivity contribution is -0.139. The monoisotopic (exact) mass is 460 g/mol. The molecule has 9 nitrogen and oxygen atoms in total. The molecule has 0 radical (unpaired) electrons. The Morgan fingerprint density at radius 1 is 1.15 bits per heavy atom. The first kappa shape index (κ1) is 22.8. The van der Waals surface area contributed by atoms with Crippen molar-refractivity contribution in [1.29, 1.82) is 0 Å². The maximum absolute atomic E-state index is 12.6. The normalized spacial score (nSPS) is 12.9. The summed E-state index contributed by atoms with van der Waals surface area (Å²) < 4.78 is 6.85. The lowest BCUT2D eigenvalue weighted by Gasteiger charge is -2.15. The summed E-state index contributed by atoms with van der Waals surface area (Å²) in [5, 5.41) is 18.3. The van der Waals surface area contributed by atoms with Crippen LogP contribution in [-0.2, 0) is 16.6 Å². The standard InChI is InChI=1S/C25H24N4O5/c1-3-8-21(24(31)32)26-23(30)19-13-29(2)28-22(19)27-25(33)34-14-20-17-11-6-4-9-15(17)16-10-5-7-12-18(16)20/h3-7,9-13,20-21H,1,8,14H2,2H3,(H,26,30)(H,31,32)(H,27,28,33). The van der Waals surface area contributed by atoms with E-state index in [0.717, 1.165) is 22.3 Å². The van der Waals surface area contributed by atoms with Crippen LogP contribution in [0, 0.1) is 0 Å². The highest BCUT2D eigenvalue weighted by Crippen LogP contribution is 2.44. The quantitative estimate of drug-likeness (QED) is 0.442. The number of carboxylic acid groups (broad SMARTS) is 1. The van der Waals surface area contributed by atoms with Gasteiger partial charge in [0.15, 0.2) is 5.82 Å². The Balaban J connectivity index is 1.45. The summed E-state index contributed by atoms with van der Waals surface area (Å²) in [6.07, 6.45) is 2.08. The molecule has 2 amide bonds. The van der Waals surface area contributed by atoms with Gasteiger partial charge in [-0.1, -0.05) is 54.6 Å². The minimum Gasteiger partial charge on any atom is -0.480 e. The topological polar surface area (TPSA) is 123 Å². The van der Waals surface area contributed by atoms with Gasteiger partial charge in [-0.2, -0.15) is 5.10 Å². The number of anilines is 1. The number of carboxylic acids is 1. The Morgan fingerprint density at radius 2 is 1.76 bits per heavy atom. The number of aryl methyl sites for hydroxylation is 1. The van der Waals surface area contributed by atoms with E-state index in [1.165, 1.54) is 17.0 Å². The third kappa shape index (κ3) is 4.54. The Bertz CT molecular complexity index is 1220. The number of fused-ring (bicyclic) bond motifs is 3. The molecule has 0 saturated carbocycles. The second-order valence-corrected chi connectivity index (χ2v) is 7.90. The fraction of sp³-hybridized carbons (Fsp3) is 0.200. The molecule has 1 heterocycles. The van der Waals surface area contributed by atoms with Crippen molar-refractivity contribution in [2.75, 3.05) is 11.9 Å². The molecular formula is C25H24N4O5. The first-order chi connectivity index (χ1) is 16.4. The highest BCUT2D eigenvalue weighted by atomic mass is 16.5. The second kappa shape index (κ2) is 9.62. The number of benzene rings is 2. The average molecular weight is 460 g/mol. The lowest BCUT2D eigenvalue weighted by Crippen LogP contribution is -2.40. The maximum Gasteiger partial charge on any atom is 0.412 e. The minimum atomic E-state index is -1.19. The average Bonchev–Trinajstić information content (AvgIpc) is 3.34. The van der Waals surface area contributed by atoms with Gasteiger partial charge >= 0.3 is 12.1 Å². The van der Waals surface area contributed by atoms with Gasteiger partial charge in [-0.15, -0.1) is 6.58 Å². The number of carbonyl (C=O) groups excluding carboxylic acids is 2. The van der Waals surface area contributed by atoms with Crippen molar-refractivity contribution in [3.05, 3.63) is 84.1 Å². The highest BCUT2D eigenvalue weighted by Gasteiger charge is 2.29. The van der Waals surface area contributed by atoms with Gasteiger partial charge in [0.05, 0.1) is 0 Å². The molecule has 3 N–H and O–H groups in total. The number of nitrogens with zero attached hydrogens (tertiary/aromatic N) is 2. The van der Waals surface area contributed by atoms with Crippen LogP contribution in [0.15, 0.2) is 67.4 Å². The molecule has 0 fully saturated rings. The Labute approximate surface area is 196 Å². The van der Waals surface area contributed by atoms with Crippen molar-refractivity contribution in [2.45, 2.75) is 18.4 Å². The van der Waals surface area contributed by atoms with E-state index in [-0.39, 0.29) is 30.3 Å². The van der Waals surface area contributed by atoms with E-state index in [4.69, 9.17) is 4.74 Å². The van der Waals surface area contributed by atoms with Gasteiger partial charge in [-0.05, 0) is 28.7 Å². The van der Waals surface area contributed by atoms with Gasteiger partial charge in [0.2, 0.25) is 0 Å². The third-order valence-electron chi connectivity index (χ3n) is 5.64. The number of aliphatic carboxylic acids is 1. The molecule has 174 valence electrons. The van der Waals surface area contributed by atoms with Gasteiger partial charge in [-0.25, -0.2) is 9.59 Å². The molecule has 2 aromatic carbocycles. The summed E-state index contributed by atoms with van der Waals surface area (Å²) in [6, 6.07) is 14.8. The van der Waals surface area contributed by atoms with Crippen LogP contribution in [0.1, 0.15) is 33.8 Å². The van der Waals surface area contributed by atoms with Crippen molar-refractivity contribution in [3.8, 4) is 11.1 Å². The fourth-order valence-electron chi connectivity index (χ4n) is 4.10. The van der Waals surface area contributed by atoms with E-state index in [1.807, 2.05) is 48.5 Å². The number of nitrogens with one attached hydrogen (secondary N) is 2. The van der Waals surface area contributed by atoms with Crippen LogP contribution in [0.25, 0.3) is 11.1 Å². The van der Waals surface area contributed by atoms with Crippen LogP contribution < -0.4 is 10.6 Å². The SMILES string of the molecule is C=CCC(NC(=O)c1cn(C)nc1NC(=O)OCC1c2ccccc2-c2ccccc21)C(=O)O. The molecule has 1 aliphatic rings. The molecule has 34 heavy (non-hydrogen) atoms. The molecule has 1 aliphatic carbocycles. The molecule has 0 saturated heterocycles.